The van der Waals surface area contributed by atoms with Crippen molar-refractivity contribution >= 4 is 12.0 Å². The van der Waals surface area contributed by atoms with Gasteiger partial charge in [-0.05, 0) is 11.5 Å². The number of rotatable bonds is 5. The predicted molar refractivity (Wildman–Crippen MR) is 72.7 cm³/mol. The third-order valence-corrected chi connectivity index (χ3v) is 2.82. The first kappa shape index (κ1) is 15.0. The Morgan fingerprint density at radius 3 is 2.32 bits per heavy atom. The van der Waals surface area contributed by atoms with Crippen LogP contribution in [0.3, 0.4) is 0 Å². The number of benzene rings is 1. The number of carboxylic acid groups (broad SMARTS) is 1. The maximum absolute atomic E-state index is 11.9. The van der Waals surface area contributed by atoms with E-state index < -0.39 is 12.0 Å². The summed E-state index contributed by atoms with van der Waals surface area (Å²) in [5.74, 6) is -1.18. The van der Waals surface area contributed by atoms with Crippen LogP contribution in [0.5, 0.6) is 0 Å². The summed E-state index contributed by atoms with van der Waals surface area (Å²) >= 11 is 0. The van der Waals surface area contributed by atoms with E-state index in [2.05, 4.69) is 5.32 Å². The van der Waals surface area contributed by atoms with Crippen LogP contribution in [0.2, 0.25) is 0 Å². The molecule has 1 aromatic rings. The maximum Gasteiger partial charge on any atom is 0.326 e. The lowest BCUT2D eigenvalue weighted by Crippen LogP contribution is -2.48. The average molecular weight is 264 g/mol. The van der Waals surface area contributed by atoms with Crippen molar-refractivity contribution in [3.63, 3.8) is 0 Å². The molecular formula is C14H20N2O3. The number of urea groups is 1. The zero-order valence-corrected chi connectivity index (χ0v) is 11.5. The molecule has 0 aromatic heterocycles. The molecule has 0 bridgehead atoms. The van der Waals surface area contributed by atoms with Crippen LogP contribution in [0.15, 0.2) is 30.3 Å². The minimum Gasteiger partial charge on any atom is -0.480 e. The fourth-order valence-corrected chi connectivity index (χ4v) is 1.69. The molecule has 0 aliphatic carbocycles. The van der Waals surface area contributed by atoms with Gasteiger partial charge in [0.15, 0.2) is 0 Å². The highest BCUT2D eigenvalue weighted by atomic mass is 16.4. The normalized spacial score (nSPS) is 12.0. The Labute approximate surface area is 113 Å². The third-order valence-electron chi connectivity index (χ3n) is 2.82. The molecular weight excluding hydrogens is 244 g/mol. The molecule has 5 heteroatoms. The Morgan fingerprint density at radius 2 is 1.84 bits per heavy atom. The summed E-state index contributed by atoms with van der Waals surface area (Å²) in [6.07, 6.45) is 0. The van der Waals surface area contributed by atoms with Crippen molar-refractivity contribution in [2.75, 3.05) is 7.05 Å². The van der Waals surface area contributed by atoms with Crippen LogP contribution in [0.25, 0.3) is 0 Å². The van der Waals surface area contributed by atoms with E-state index in [0.717, 1.165) is 5.56 Å². The molecule has 0 spiro atoms. The van der Waals surface area contributed by atoms with Gasteiger partial charge in [0.05, 0.1) is 0 Å². The van der Waals surface area contributed by atoms with Gasteiger partial charge in [-0.25, -0.2) is 9.59 Å². The van der Waals surface area contributed by atoms with Crippen LogP contribution in [0, 0.1) is 5.92 Å². The molecule has 0 saturated carbocycles. The second-order valence-electron chi connectivity index (χ2n) is 4.85. The van der Waals surface area contributed by atoms with E-state index in [-0.39, 0.29) is 11.9 Å². The van der Waals surface area contributed by atoms with Crippen molar-refractivity contribution in [3.8, 4) is 0 Å². The van der Waals surface area contributed by atoms with Gasteiger partial charge >= 0.3 is 12.0 Å². The standard InChI is InChI=1S/C14H20N2O3/c1-10(2)12(13(17)18)15-14(19)16(3)9-11-7-5-4-6-8-11/h4-8,10,12H,9H2,1-3H3,(H,15,19)(H,17,18)/t12-/m1/s1. The Kier molecular flexibility index (Phi) is 5.36. The van der Waals surface area contributed by atoms with Gasteiger partial charge in [-0.3, -0.25) is 0 Å². The number of aliphatic carboxylic acids is 1. The summed E-state index contributed by atoms with van der Waals surface area (Å²) in [5.41, 5.74) is 0.997. The molecule has 0 saturated heterocycles. The summed E-state index contributed by atoms with van der Waals surface area (Å²) in [7, 11) is 1.64. The lowest BCUT2D eigenvalue weighted by atomic mass is 10.1. The van der Waals surface area contributed by atoms with Crippen LogP contribution in [0.4, 0.5) is 4.79 Å². The summed E-state index contributed by atoms with van der Waals surface area (Å²) in [4.78, 5) is 24.4. The van der Waals surface area contributed by atoms with Gasteiger partial charge < -0.3 is 15.3 Å². The SMILES string of the molecule is CC(C)[C@@H](NC(=O)N(C)Cc1ccccc1)C(=O)O. The first-order valence-corrected chi connectivity index (χ1v) is 6.20. The molecule has 0 fully saturated rings. The molecule has 2 N–H and O–H groups in total. The van der Waals surface area contributed by atoms with E-state index in [4.69, 9.17) is 5.11 Å². The second kappa shape index (κ2) is 6.78. The highest BCUT2D eigenvalue weighted by Gasteiger charge is 2.24. The molecule has 1 rings (SSSR count). The number of carboxylic acids is 1. The monoisotopic (exact) mass is 264 g/mol. The molecule has 0 aliphatic rings. The van der Waals surface area contributed by atoms with E-state index >= 15 is 0 Å². The smallest absolute Gasteiger partial charge is 0.326 e. The fourth-order valence-electron chi connectivity index (χ4n) is 1.69. The highest BCUT2D eigenvalue weighted by Crippen LogP contribution is 2.05. The van der Waals surface area contributed by atoms with E-state index in [1.54, 1.807) is 20.9 Å². The number of carbonyl (C=O) groups is 2. The van der Waals surface area contributed by atoms with Gasteiger partial charge in [-0.15, -0.1) is 0 Å². The van der Waals surface area contributed by atoms with Gasteiger partial charge in [0.1, 0.15) is 6.04 Å². The lowest BCUT2D eigenvalue weighted by Gasteiger charge is -2.23. The average Bonchev–Trinajstić information content (AvgIpc) is 2.35. The number of hydrogen-bond acceptors (Lipinski definition) is 2. The summed E-state index contributed by atoms with van der Waals surface area (Å²) in [6, 6.07) is 8.28. The minimum atomic E-state index is -1.02. The fraction of sp³-hybridized carbons (Fsp3) is 0.429. The summed E-state index contributed by atoms with van der Waals surface area (Å²) in [5, 5.41) is 11.6. The van der Waals surface area contributed by atoms with E-state index in [9.17, 15) is 9.59 Å². The molecule has 0 heterocycles. The Hall–Kier alpha value is -2.04. The Bertz CT molecular complexity index is 432. The number of amides is 2. The Balaban J connectivity index is 2.60. The molecule has 1 aromatic carbocycles. The van der Waals surface area contributed by atoms with Crippen molar-refractivity contribution in [2.24, 2.45) is 5.92 Å². The van der Waals surface area contributed by atoms with E-state index in [0.29, 0.717) is 6.54 Å². The van der Waals surface area contributed by atoms with Crippen LogP contribution in [-0.2, 0) is 11.3 Å². The lowest BCUT2D eigenvalue weighted by molar-refractivity contribution is -0.140. The highest BCUT2D eigenvalue weighted by molar-refractivity contribution is 5.82. The van der Waals surface area contributed by atoms with Gasteiger partial charge in [0.25, 0.3) is 0 Å². The predicted octanol–water partition coefficient (Wildman–Crippen LogP) is 1.94. The summed E-state index contributed by atoms with van der Waals surface area (Å²) < 4.78 is 0. The van der Waals surface area contributed by atoms with Gasteiger partial charge in [-0.2, -0.15) is 0 Å². The molecule has 104 valence electrons. The quantitative estimate of drug-likeness (QED) is 0.853. The summed E-state index contributed by atoms with van der Waals surface area (Å²) in [6.45, 7) is 3.96. The first-order chi connectivity index (χ1) is 8.91. The molecule has 19 heavy (non-hydrogen) atoms. The molecule has 2 amide bonds. The van der Waals surface area contributed by atoms with Crippen LogP contribution < -0.4 is 5.32 Å². The van der Waals surface area contributed by atoms with Gasteiger partial charge in [-0.1, -0.05) is 44.2 Å². The zero-order valence-electron chi connectivity index (χ0n) is 11.5. The van der Waals surface area contributed by atoms with Crippen molar-refractivity contribution < 1.29 is 14.7 Å². The van der Waals surface area contributed by atoms with Crippen LogP contribution in [0.1, 0.15) is 19.4 Å². The van der Waals surface area contributed by atoms with Crippen LogP contribution in [-0.4, -0.2) is 35.1 Å². The third kappa shape index (κ3) is 4.62. The molecule has 5 nitrogen and oxygen atoms in total. The van der Waals surface area contributed by atoms with Crippen molar-refractivity contribution in [3.05, 3.63) is 35.9 Å². The van der Waals surface area contributed by atoms with Crippen molar-refractivity contribution in [2.45, 2.75) is 26.4 Å². The zero-order chi connectivity index (χ0) is 14.4. The second-order valence-corrected chi connectivity index (χ2v) is 4.85. The van der Waals surface area contributed by atoms with E-state index in [1.807, 2.05) is 30.3 Å². The van der Waals surface area contributed by atoms with Crippen molar-refractivity contribution in [1.82, 2.24) is 10.2 Å². The first-order valence-electron chi connectivity index (χ1n) is 6.20. The molecule has 0 aliphatic heterocycles. The Morgan fingerprint density at radius 1 is 1.26 bits per heavy atom. The maximum atomic E-state index is 11.9. The number of nitrogens with one attached hydrogen (secondary N) is 1. The molecule has 1 atom stereocenters. The number of carbonyl (C=O) groups excluding carboxylic acids is 1. The topological polar surface area (TPSA) is 69.6 Å². The largest absolute Gasteiger partial charge is 0.480 e. The van der Waals surface area contributed by atoms with Gasteiger partial charge in [0.2, 0.25) is 0 Å². The van der Waals surface area contributed by atoms with Crippen LogP contribution >= 0.6 is 0 Å². The molecule has 0 radical (unpaired) electrons. The minimum absolute atomic E-state index is 0.161. The van der Waals surface area contributed by atoms with E-state index in [1.165, 1.54) is 4.90 Å². The number of nitrogens with zero attached hydrogens (tertiary/aromatic N) is 1. The number of hydrogen-bond donors (Lipinski definition) is 2. The van der Waals surface area contributed by atoms with Crippen molar-refractivity contribution in [1.29, 1.82) is 0 Å². The molecule has 0 unspecified atom stereocenters. The van der Waals surface area contributed by atoms with Gasteiger partial charge in [0, 0.05) is 13.6 Å².